The zero-order valence-electron chi connectivity index (χ0n) is 8.74. The van der Waals surface area contributed by atoms with Crippen LogP contribution in [0.15, 0.2) is 18.3 Å². The van der Waals surface area contributed by atoms with E-state index in [2.05, 4.69) is 10.2 Å². The molecule has 6 nitrogen and oxygen atoms in total. The molecule has 0 aromatic carbocycles. The van der Waals surface area contributed by atoms with Crippen LogP contribution in [-0.2, 0) is 4.79 Å². The molecule has 1 saturated heterocycles. The van der Waals surface area contributed by atoms with Crippen molar-refractivity contribution in [1.82, 2.24) is 20.0 Å². The molecule has 84 valence electrons. The summed E-state index contributed by atoms with van der Waals surface area (Å²) in [5.74, 6) is -0.126. The van der Waals surface area contributed by atoms with Crippen LogP contribution in [0.4, 0.5) is 0 Å². The van der Waals surface area contributed by atoms with E-state index in [0.29, 0.717) is 31.9 Å². The molecule has 1 fully saturated rings. The van der Waals surface area contributed by atoms with E-state index in [9.17, 15) is 9.59 Å². The maximum absolute atomic E-state index is 11.9. The lowest BCUT2D eigenvalue weighted by atomic mass is 10.3. The molecule has 1 aromatic rings. The molecule has 16 heavy (non-hydrogen) atoms. The molecule has 0 N–H and O–H groups in total. The van der Waals surface area contributed by atoms with E-state index in [1.54, 1.807) is 21.9 Å². The van der Waals surface area contributed by atoms with Crippen LogP contribution in [0.5, 0.6) is 0 Å². The number of hydrogen-bond donors (Lipinski definition) is 0. The van der Waals surface area contributed by atoms with Gasteiger partial charge in [-0.15, -0.1) is 5.10 Å². The Morgan fingerprint density at radius 1 is 1.31 bits per heavy atom. The Bertz CT molecular complexity index is 374. The van der Waals surface area contributed by atoms with Gasteiger partial charge in [-0.3, -0.25) is 9.59 Å². The Morgan fingerprint density at radius 3 is 2.62 bits per heavy atom. The molecular weight excluding hydrogens is 208 g/mol. The maximum Gasteiger partial charge on any atom is 0.274 e. The minimum Gasteiger partial charge on any atom is -0.342 e. The van der Waals surface area contributed by atoms with Gasteiger partial charge in [-0.25, -0.2) is 0 Å². The van der Waals surface area contributed by atoms with Crippen molar-refractivity contribution in [2.45, 2.75) is 0 Å². The van der Waals surface area contributed by atoms with Gasteiger partial charge in [0.15, 0.2) is 5.69 Å². The first kappa shape index (κ1) is 10.5. The highest BCUT2D eigenvalue weighted by Crippen LogP contribution is 2.04. The lowest BCUT2D eigenvalue weighted by Crippen LogP contribution is -2.48. The van der Waals surface area contributed by atoms with Crippen molar-refractivity contribution in [3.8, 4) is 0 Å². The molecule has 1 aliphatic rings. The number of nitrogens with zero attached hydrogens (tertiary/aromatic N) is 4. The lowest BCUT2D eigenvalue weighted by Gasteiger charge is -2.32. The van der Waals surface area contributed by atoms with Crippen LogP contribution in [0.3, 0.4) is 0 Å². The second-order valence-corrected chi connectivity index (χ2v) is 3.54. The van der Waals surface area contributed by atoms with E-state index < -0.39 is 0 Å². The molecule has 0 spiro atoms. The molecule has 0 saturated carbocycles. The fourth-order valence-corrected chi connectivity index (χ4v) is 1.61. The van der Waals surface area contributed by atoms with Gasteiger partial charge in [-0.2, -0.15) is 5.10 Å². The fourth-order valence-electron chi connectivity index (χ4n) is 1.61. The molecule has 0 radical (unpaired) electrons. The molecule has 1 aliphatic heterocycles. The van der Waals surface area contributed by atoms with Crippen molar-refractivity contribution < 1.29 is 9.59 Å². The summed E-state index contributed by atoms with van der Waals surface area (Å²) < 4.78 is 0. The van der Waals surface area contributed by atoms with Gasteiger partial charge in [0.25, 0.3) is 5.91 Å². The maximum atomic E-state index is 11.9. The average molecular weight is 220 g/mol. The average Bonchev–Trinajstić information content (AvgIpc) is 2.39. The van der Waals surface area contributed by atoms with Gasteiger partial charge in [0, 0.05) is 32.4 Å². The van der Waals surface area contributed by atoms with Gasteiger partial charge >= 0.3 is 0 Å². The highest BCUT2D eigenvalue weighted by atomic mass is 16.2. The molecule has 2 rings (SSSR count). The molecule has 0 atom stereocenters. The summed E-state index contributed by atoms with van der Waals surface area (Å²) in [5.41, 5.74) is 0.349. The van der Waals surface area contributed by atoms with E-state index in [-0.39, 0.29) is 5.91 Å². The molecule has 1 aromatic heterocycles. The largest absolute Gasteiger partial charge is 0.342 e. The molecule has 0 unspecified atom stereocenters. The van der Waals surface area contributed by atoms with Gasteiger partial charge < -0.3 is 9.80 Å². The molecular formula is C10H12N4O2. The summed E-state index contributed by atoms with van der Waals surface area (Å²) in [7, 11) is 0. The topological polar surface area (TPSA) is 66.4 Å². The Morgan fingerprint density at radius 2 is 2.06 bits per heavy atom. The van der Waals surface area contributed by atoms with Crippen LogP contribution in [0, 0.1) is 0 Å². The summed E-state index contributed by atoms with van der Waals surface area (Å²) in [6.07, 6.45) is 2.34. The quantitative estimate of drug-likeness (QED) is 0.624. The predicted octanol–water partition coefficient (Wildman–Crippen LogP) is -0.609. The van der Waals surface area contributed by atoms with E-state index >= 15 is 0 Å². The van der Waals surface area contributed by atoms with Crippen molar-refractivity contribution in [3.63, 3.8) is 0 Å². The molecule has 0 bridgehead atoms. The van der Waals surface area contributed by atoms with Gasteiger partial charge in [0.05, 0.1) is 0 Å². The third-order valence-corrected chi connectivity index (χ3v) is 2.54. The Kier molecular flexibility index (Phi) is 3.09. The normalized spacial score (nSPS) is 16.0. The van der Waals surface area contributed by atoms with E-state index in [1.165, 1.54) is 6.20 Å². The van der Waals surface area contributed by atoms with Crippen molar-refractivity contribution in [3.05, 3.63) is 24.0 Å². The van der Waals surface area contributed by atoms with Crippen LogP contribution in [0.1, 0.15) is 10.5 Å². The summed E-state index contributed by atoms with van der Waals surface area (Å²) in [6, 6.07) is 3.32. The smallest absolute Gasteiger partial charge is 0.274 e. The molecule has 6 heteroatoms. The number of amides is 2. The van der Waals surface area contributed by atoms with Crippen LogP contribution in [0.2, 0.25) is 0 Å². The summed E-state index contributed by atoms with van der Waals surface area (Å²) >= 11 is 0. The third-order valence-electron chi connectivity index (χ3n) is 2.54. The van der Waals surface area contributed by atoms with Gasteiger partial charge in [0.1, 0.15) is 0 Å². The van der Waals surface area contributed by atoms with Crippen molar-refractivity contribution in [2.75, 3.05) is 26.2 Å². The Balaban J connectivity index is 1.99. The second-order valence-electron chi connectivity index (χ2n) is 3.54. The Hall–Kier alpha value is -1.98. The lowest BCUT2D eigenvalue weighted by molar-refractivity contribution is -0.119. The number of carbonyl (C=O) groups excluding carboxylic acids is 2. The summed E-state index contributed by atoms with van der Waals surface area (Å²) in [4.78, 5) is 25.8. The first-order valence-electron chi connectivity index (χ1n) is 5.07. The number of carbonyl (C=O) groups is 2. The van der Waals surface area contributed by atoms with E-state index in [4.69, 9.17) is 0 Å². The highest BCUT2D eigenvalue weighted by Gasteiger charge is 2.21. The standard InChI is InChI=1S/C10H12N4O2/c15-8-13-4-6-14(7-5-13)10(16)9-2-1-3-11-12-9/h1-3,8H,4-7H2. The number of hydrogen-bond acceptors (Lipinski definition) is 4. The van der Waals surface area contributed by atoms with Crippen LogP contribution >= 0.6 is 0 Å². The molecule has 0 aliphatic carbocycles. The van der Waals surface area contributed by atoms with E-state index in [1.807, 2.05) is 0 Å². The fraction of sp³-hybridized carbons (Fsp3) is 0.400. The van der Waals surface area contributed by atoms with Gasteiger partial charge in [-0.1, -0.05) is 0 Å². The highest BCUT2D eigenvalue weighted by molar-refractivity contribution is 5.92. The number of aromatic nitrogens is 2. The van der Waals surface area contributed by atoms with Crippen LogP contribution < -0.4 is 0 Å². The molecule has 2 heterocycles. The first-order valence-corrected chi connectivity index (χ1v) is 5.07. The minimum atomic E-state index is -0.126. The minimum absolute atomic E-state index is 0.126. The van der Waals surface area contributed by atoms with Crippen molar-refractivity contribution in [2.24, 2.45) is 0 Å². The third kappa shape index (κ3) is 2.16. The molecule has 2 amide bonds. The zero-order chi connectivity index (χ0) is 11.4. The monoisotopic (exact) mass is 220 g/mol. The predicted molar refractivity (Wildman–Crippen MR) is 55.6 cm³/mol. The number of rotatable bonds is 2. The Labute approximate surface area is 92.9 Å². The van der Waals surface area contributed by atoms with E-state index in [0.717, 1.165) is 6.41 Å². The van der Waals surface area contributed by atoms with Crippen LogP contribution in [-0.4, -0.2) is 58.5 Å². The van der Waals surface area contributed by atoms with Gasteiger partial charge in [-0.05, 0) is 12.1 Å². The summed E-state index contributed by atoms with van der Waals surface area (Å²) in [6.45, 7) is 2.26. The van der Waals surface area contributed by atoms with Crippen molar-refractivity contribution in [1.29, 1.82) is 0 Å². The first-order chi connectivity index (χ1) is 7.81. The number of piperazine rings is 1. The summed E-state index contributed by atoms with van der Waals surface area (Å²) in [5, 5.41) is 7.44. The second kappa shape index (κ2) is 4.69. The zero-order valence-corrected chi connectivity index (χ0v) is 8.74. The van der Waals surface area contributed by atoms with Crippen LogP contribution in [0.25, 0.3) is 0 Å². The van der Waals surface area contributed by atoms with Gasteiger partial charge in [0.2, 0.25) is 6.41 Å². The SMILES string of the molecule is O=CN1CCN(C(=O)c2cccnn2)CC1. The van der Waals surface area contributed by atoms with Crippen molar-refractivity contribution >= 4 is 12.3 Å².